The van der Waals surface area contributed by atoms with E-state index in [4.69, 9.17) is 0 Å². The zero-order valence-electron chi connectivity index (χ0n) is 9.65. The molecular weight excluding hydrogens is 245 g/mol. The number of nitrogens with zero attached hydrogens (tertiary/aromatic N) is 2. The molecule has 6 heteroatoms. The van der Waals surface area contributed by atoms with Gasteiger partial charge in [0.25, 0.3) is 5.78 Å². The maximum atomic E-state index is 12.3. The Morgan fingerprint density at radius 2 is 2.11 bits per heavy atom. The minimum Gasteiger partial charge on any atom is -0.284 e. The van der Waals surface area contributed by atoms with Gasteiger partial charge < -0.3 is 0 Å². The summed E-state index contributed by atoms with van der Waals surface area (Å²) >= 11 is 0. The van der Waals surface area contributed by atoms with Gasteiger partial charge in [-0.2, -0.15) is 18.3 Å². The van der Waals surface area contributed by atoms with Crippen LogP contribution < -0.4 is 0 Å². The lowest BCUT2D eigenvalue weighted by Crippen LogP contribution is -2.22. The predicted octanol–water partition coefficient (Wildman–Crippen LogP) is 2.99. The Hall–Kier alpha value is -1.33. The predicted molar refractivity (Wildman–Crippen MR) is 57.1 cm³/mol. The molecule has 3 nitrogen and oxygen atoms in total. The summed E-state index contributed by atoms with van der Waals surface area (Å²) in [5.41, 5.74) is -0.356. The number of ketones is 1. The number of carbonyl (C=O) groups excluding carboxylic acids is 1. The molecule has 98 valence electrons. The van der Waals surface area contributed by atoms with Gasteiger partial charge in [0, 0.05) is 6.20 Å². The first-order valence-corrected chi connectivity index (χ1v) is 6.11. The topological polar surface area (TPSA) is 34.9 Å². The van der Waals surface area contributed by atoms with Crippen LogP contribution in [0.25, 0.3) is 0 Å². The molecular formula is C12H13F3N2O. The van der Waals surface area contributed by atoms with Crippen LogP contribution in [0.1, 0.15) is 42.1 Å². The lowest BCUT2D eigenvalue weighted by molar-refractivity contribution is -0.0885. The molecule has 1 aromatic heterocycles. The number of rotatable bonds is 2. The normalized spacial score (nSPS) is 30.9. The van der Waals surface area contributed by atoms with Crippen LogP contribution in [0.2, 0.25) is 0 Å². The molecule has 18 heavy (non-hydrogen) atoms. The third-order valence-corrected chi connectivity index (χ3v) is 4.16. The van der Waals surface area contributed by atoms with Gasteiger partial charge in [0.15, 0.2) is 0 Å². The molecule has 0 aromatic carbocycles. The van der Waals surface area contributed by atoms with Crippen LogP contribution in [0.5, 0.6) is 0 Å². The van der Waals surface area contributed by atoms with Gasteiger partial charge in [-0.1, -0.05) is 6.42 Å². The van der Waals surface area contributed by atoms with Crippen LogP contribution in [0, 0.1) is 11.8 Å². The van der Waals surface area contributed by atoms with Gasteiger partial charge in [0.1, 0.15) is 0 Å². The minimum atomic E-state index is -4.82. The van der Waals surface area contributed by atoms with E-state index in [1.54, 1.807) is 4.68 Å². The fraction of sp³-hybridized carbons (Fsp3) is 0.667. The summed E-state index contributed by atoms with van der Waals surface area (Å²) in [7, 11) is 0. The first-order chi connectivity index (χ1) is 8.45. The van der Waals surface area contributed by atoms with E-state index in [1.165, 1.54) is 12.6 Å². The second-order valence-corrected chi connectivity index (χ2v) is 5.28. The Kier molecular flexibility index (Phi) is 2.50. The fourth-order valence-electron chi connectivity index (χ4n) is 3.34. The van der Waals surface area contributed by atoms with E-state index in [0.29, 0.717) is 11.8 Å². The van der Waals surface area contributed by atoms with E-state index in [0.717, 1.165) is 25.5 Å². The summed E-state index contributed by atoms with van der Waals surface area (Å²) in [5.74, 6) is -0.605. The largest absolute Gasteiger partial charge is 0.454 e. The van der Waals surface area contributed by atoms with Crippen LogP contribution in [0.4, 0.5) is 13.2 Å². The molecule has 0 spiro atoms. The molecule has 2 aliphatic carbocycles. The number of fused-ring (bicyclic) bond motifs is 2. The van der Waals surface area contributed by atoms with Crippen molar-refractivity contribution in [1.29, 1.82) is 0 Å². The zero-order chi connectivity index (χ0) is 12.9. The summed E-state index contributed by atoms with van der Waals surface area (Å²) in [5, 5.41) is 3.95. The van der Waals surface area contributed by atoms with Gasteiger partial charge in [0.05, 0.1) is 17.8 Å². The summed E-state index contributed by atoms with van der Waals surface area (Å²) in [6.45, 7) is 0. The van der Waals surface area contributed by atoms with Crippen molar-refractivity contribution in [2.75, 3.05) is 0 Å². The molecule has 2 bridgehead atoms. The van der Waals surface area contributed by atoms with Crippen molar-refractivity contribution in [2.45, 2.75) is 37.9 Å². The van der Waals surface area contributed by atoms with Crippen LogP contribution in [0.3, 0.4) is 0 Å². The molecule has 2 saturated carbocycles. The van der Waals surface area contributed by atoms with Crippen LogP contribution in [0.15, 0.2) is 12.4 Å². The van der Waals surface area contributed by atoms with E-state index in [9.17, 15) is 18.0 Å². The summed E-state index contributed by atoms with van der Waals surface area (Å²) < 4.78 is 38.4. The van der Waals surface area contributed by atoms with Crippen molar-refractivity contribution >= 4 is 5.78 Å². The molecule has 0 radical (unpaired) electrons. The average Bonchev–Trinajstić information content (AvgIpc) is 3.02. The molecule has 2 fully saturated rings. The average molecular weight is 258 g/mol. The van der Waals surface area contributed by atoms with Crippen molar-refractivity contribution in [2.24, 2.45) is 11.8 Å². The third-order valence-electron chi connectivity index (χ3n) is 4.16. The van der Waals surface area contributed by atoms with Crippen molar-refractivity contribution in [3.63, 3.8) is 0 Å². The molecule has 2 aliphatic rings. The highest BCUT2D eigenvalue weighted by atomic mass is 19.4. The molecule has 1 aromatic rings. The monoisotopic (exact) mass is 258 g/mol. The highest BCUT2D eigenvalue weighted by Crippen LogP contribution is 2.50. The molecule has 0 amide bonds. The third kappa shape index (κ3) is 1.83. The van der Waals surface area contributed by atoms with Crippen molar-refractivity contribution in [3.05, 3.63) is 18.0 Å². The van der Waals surface area contributed by atoms with Crippen molar-refractivity contribution in [3.8, 4) is 0 Å². The molecule has 3 unspecified atom stereocenters. The van der Waals surface area contributed by atoms with E-state index < -0.39 is 12.0 Å². The number of Topliss-reactive ketones (excluding diaryl/α,β-unsaturated/α-hetero) is 1. The molecule has 1 heterocycles. The Balaban J connectivity index is 1.80. The Bertz CT molecular complexity index is 480. The molecule has 0 N–H and O–H groups in total. The minimum absolute atomic E-state index is 0.179. The van der Waals surface area contributed by atoms with E-state index in [1.807, 2.05) is 0 Å². The second kappa shape index (κ2) is 3.83. The standard InChI is InChI=1S/C12H13F3N2O/c13-12(14,15)11(18)9-5-16-17(6-9)10-4-7-1-2-8(10)3-7/h5-8,10H,1-4H2. The van der Waals surface area contributed by atoms with E-state index in [-0.39, 0.29) is 11.6 Å². The molecule has 0 aliphatic heterocycles. The van der Waals surface area contributed by atoms with Gasteiger partial charge in [-0.3, -0.25) is 9.48 Å². The SMILES string of the molecule is O=C(c1cnn(C2CC3CCC2C3)c1)C(F)(F)F. The van der Waals surface area contributed by atoms with Gasteiger partial charge >= 0.3 is 6.18 Å². The van der Waals surface area contributed by atoms with Crippen molar-refractivity contribution < 1.29 is 18.0 Å². The number of carbonyl (C=O) groups is 1. The maximum absolute atomic E-state index is 12.3. The Morgan fingerprint density at radius 3 is 2.67 bits per heavy atom. The van der Waals surface area contributed by atoms with Gasteiger partial charge in [-0.15, -0.1) is 0 Å². The van der Waals surface area contributed by atoms with Crippen LogP contribution >= 0.6 is 0 Å². The maximum Gasteiger partial charge on any atom is 0.454 e. The van der Waals surface area contributed by atoms with Crippen LogP contribution in [-0.4, -0.2) is 21.7 Å². The zero-order valence-corrected chi connectivity index (χ0v) is 9.65. The highest BCUT2D eigenvalue weighted by Gasteiger charge is 2.43. The summed E-state index contributed by atoms with van der Waals surface area (Å²) in [6.07, 6.45) is 1.93. The van der Waals surface area contributed by atoms with Gasteiger partial charge in [-0.05, 0) is 31.1 Å². The second-order valence-electron chi connectivity index (χ2n) is 5.28. The molecule has 3 atom stereocenters. The Morgan fingerprint density at radius 1 is 1.33 bits per heavy atom. The Labute approximate surface area is 102 Å². The molecule has 0 saturated heterocycles. The quantitative estimate of drug-likeness (QED) is 0.764. The highest BCUT2D eigenvalue weighted by molar-refractivity contribution is 5.99. The lowest BCUT2D eigenvalue weighted by Gasteiger charge is -2.21. The number of halogens is 3. The first-order valence-electron chi connectivity index (χ1n) is 6.11. The fourth-order valence-corrected chi connectivity index (χ4v) is 3.34. The van der Waals surface area contributed by atoms with Gasteiger partial charge in [-0.25, -0.2) is 0 Å². The van der Waals surface area contributed by atoms with E-state index >= 15 is 0 Å². The summed E-state index contributed by atoms with van der Waals surface area (Å²) in [6, 6.07) is 0.179. The first kappa shape index (κ1) is 11.7. The van der Waals surface area contributed by atoms with Crippen molar-refractivity contribution in [1.82, 2.24) is 9.78 Å². The number of hydrogen-bond donors (Lipinski definition) is 0. The lowest BCUT2D eigenvalue weighted by atomic mass is 9.95. The smallest absolute Gasteiger partial charge is 0.284 e. The van der Waals surface area contributed by atoms with Gasteiger partial charge in [0.2, 0.25) is 0 Å². The number of aromatic nitrogens is 2. The van der Waals surface area contributed by atoms with E-state index in [2.05, 4.69) is 5.10 Å². The van der Waals surface area contributed by atoms with Crippen LogP contribution in [-0.2, 0) is 0 Å². The number of hydrogen-bond acceptors (Lipinski definition) is 2. The number of alkyl halides is 3. The summed E-state index contributed by atoms with van der Waals surface area (Å²) in [4.78, 5) is 11.1. The molecule has 3 rings (SSSR count).